The third kappa shape index (κ3) is 5.23. The standard InChI is InChI=1S/C20H15NO4.C4H10N2S/c1-21-12-6-8-16(19(10-12)25-23)20-14-4-2-3-5-17(14)24-18-11-13(22)7-9-15(18)20;5-2-1-3-6-4-7/h2-11,21,23H,1H3;4H,1-3,5H2,(H,6,7). The average molecular weight is 452 g/mol. The molecule has 0 unspecified atom stereocenters. The van der Waals surface area contributed by atoms with Gasteiger partial charge in [0, 0.05) is 53.5 Å². The summed E-state index contributed by atoms with van der Waals surface area (Å²) in [5.74, 6) is 0.804. The number of para-hydroxylation sites is 1. The Morgan fingerprint density at radius 3 is 2.62 bits per heavy atom. The van der Waals surface area contributed by atoms with Crippen molar-refractivity contribution in [1.82, 2.24) is 5.32 Å². The molecule has 2 aromatic carbocycles. The van der Waals surface area contributed by atoms with E-state index >= 15 is 0 Å². The Morgan fingerprint density at radius 1 is 1.12 bits per heavy atom. The molecule has 0 radical (unpaired) electrons. The normalized spacial score (nSPS) is 10.3. The minimum Gasteiger partial charge on any atom is -0.456 e. The molecule has 7 nitrogen and oxygen atoms in total. The summed E-state index contributed by atoms with van der Waals surface area (Å²) in [6, 6.07) is 17.7. The van der Waals surface area contributed by atoms with Crippen LogP contribution in [0.15, 0.2) is 69.9 Å². The van der Waals surface area contributed by atoms with Gasteiger partial charge in [-0.25, -0.2) is 5.26 Å². The van der Waals surface area contributed by atoms with Gasteiger partial charge >= 0.3 is 0 Å². The fourth-order valence-electron chi connectivity index (χ4n) is 3.33. The van der Waals surface area contributed by atoms with E-state index in [1.165, 1.54) is 17.6 Å². The maximum Gasteiger partial charge on any atom is 0.182 e. The number of benzene rings is 3. The number of anilines is 1. The van der Waals surface area contributed by atoms with Crippen LogP contribution in [0, 0.1) is 0 Å². The molecule has 32 heavy (non-hydrogen) atoms. The summed E-state index contributed by atoms with van der Waals surface area (Å²) in [5, 5.41) is 16.1. The molecule has 0 bridgehead atoms. The minimum atomic E-state index is -0.123. The molecule has 1 heterocycles. The molecular weight excluding hydrogens is 426 g/mol. The summed E-state index contributed by atoms with van der Waals surface area (Å²) in [6.07, 6.45) is 0.993. The lowest BCUT2D eigenvalue weighted by Gasteiger charge is -2.16. The third-order valence-corrected chi connectivity index (χ3v) is 5.01. The zero-order valence-corrected chi connectivity index (χ0v) is 18.4. The maximum atomic E-state index is 11.7. The quantitative estimate of drug-likeness (QED) is 0.108. The lowest BCUT2D eigenvalue weighted by molar-refractivity contribution is -0.137. The highest BCUT2D eigenvalue weighted by atomic mass is 32.1. The predicted molar refractivity (Wildman–Crippen MR) is 133 cm³/mol. The second-order valence-electron chi connectivity index (χ2n) is 6.90. The van der Waals surface area contributed by atoms with Crippen LogP contribution in [0.1, 0.15) is 6.42 Å². The molecule has 4 rings (SSSR count). The second kappa shape index (κ2) is 11.2. The zero-order valence-electron chi connectivity index (χ0n) is 17.6. The smallest absolute Gasteiger partial charge is 0.182 e. The van der Waals surface area contributed by atoms with E-state index in [-0.39, 0.29) is 5.43 Å². The van der Waals surface area contributed by atoms with Gasteiger partial charge in [-0.2, -0.15) is 0 Å². The van der Waals surface area contributed by atoms with Crippen molar-refractivity contribution in [3.63, 3.8) is 0 Å². The summed E-state index contributed by atoms with van der Waals surface area (Å²) in [5.41, 5.74) is 10.3. The van der Waals surface area contributed by atoms with Crippen LogP contribution in [0.2, 0.25) is 0 Å². The van der Waals surface area contributed by atoms with Crippen molar-refractivity contribution in [3.8, 4) is 28.2 Å². The molecule has 2 aliphatic rings. The largest absolute Gasteiger partial charge is 0.456 e. The van der Waals surface area contributed by atoms with Crippen molar-refractivity contribution in [2.45, 2.75) is 6.42 Å². The number of rotatable bonds is 7. The van der Waals surface area contributed by atoms with Crippen LogP contribution in [0.4, 0.5) is 5.69 Å². The first-order chi connectivity index (χ1) is 15.6. The van der Waals surface area contributed by atoms with Gasteiger partial charge in [0.15, 0.2) is 11.2 Å². The first-order valence-corrected chi connectivity index (χ1v) is 10.6. The molecule has 0 spiro atoms. The van der Waals surface area contributed by atoms with Gasteiger partial charge in [0.1, 0.15) is 11.3 Å². The lowest BCUT2D eigenvalue weighted by Crippen LogP contribution is -2.14. The average Bonchev–Trinajstić information content (AvgIpc) is 2.83. The Morgan fingerprint density at radius 2 is 1.91 bits per heavy atom. The topological polar surface area (TPSA) is 110 Å². The Kier molecular flexibility index (Phi) is 8.15. The van der Waals surface area contributed by atoms with Gasteiger partial charge in [0.2, 0.25) is 0 Å². The Bertz CT molecular complexity index is 1230. The van der Waals surface area contributed by atoms with Crippen molar-refractivity contribution in [1.29, 1.82) is 0 Å². The van der Waals surface area contributed by atoms with Crippen LogP contribution < -0.4 is 26.7 Å². The van der Waals surface area contributed by atoms with Gasteiger partial charge in [0.25, 0.3) is 0 Å². The van der Waals surface area contributed by atoms with Crippen molar-refractivity contribution < 1.29 is 14.6 Å². The number of hydrogen-bond acceptors (Lipinski definition) is 7. The van der Waals surface area contributed by atoms with Gasteiger partial charge in [-0.15, -0.1) is 0 Å². The van der Waals surface area contributed by atoms with E-state index in [0.29, 0.717) is 22.7 Å². The van der Waals surface area contributed by atoms with Gasteiger partial charge in [-0.1, -0.05) is 30.4 Å². The Balaban J connectivity index is 0.000000360. The van der Waals surface area contributed by atoms with Crippen LogP contribution in [-0.4, -0.2) is 30.9 Å². The molecule has 5 N–H and O–H groups in total. The highest BCUT2D eigenvalue weighted by Crippen LogP contribution is 2.43. The fourth-order valence-corrected chi connectivity index (χ4v) is 3.45. The lowest BCUT2D eigenvalue weighted by atomic mass is 9.93. The number of nitrogens with one attached hydrogen (secondary N) is 2. The molecule has 0 aromatic heterocycles. The highest BCUT2D eigenvalue weighted by molar-refractivity contribution is 7.78. The molecular formula is C24H25N3O4S. The highest BCUT2D eigenvalue weighted by Gasteiger charge is 2.20. The number of hydrogen-bond donors (Lipinski definition) is 4. The van der Waals surface area contributed by atoms with Gasteiger partial charge in [0.05, 0.1) is 5.49 Å². The van der Waals surface area contributed by atoms with Crippen LogP contribution in [0.25, 0.3) is 33.4 Å². The van der Waals surface area contributed by atoms with Crippen LogP contribution >= 0.6 is 12.2 Å². The van der Waals surface area contributed by atoms with Crippen molar-refractivity contribution in [2.75, 3.05) is 25.5 Å². The molecule has 0 saturated carbocycles. The maximum absolute atomic E-state index is 11.7. The summed E-state index contributed by atoms with van der Waals surface area (Å²) >= 11 is 4.49. The molecule has 2 aromatic rings. The molecule has 166 valence electrons. The monoisotopic (exact) mass is 451 g/mol. The molecule has 0 fully saturated rings. The minimum absolute atomic E-state index is 0.123. The summed E-state index contributed by atoms with van der Waals surface area (Å²) in [6.45, 7) is 1.64. The van der Waals surface area contributed by atoms with Gasteiger partial charge in [-0.05, 0) is 43.3 Å². The van der Waals surface area contributed by atoms with E-state index in [1.54, 1.807) is 19.2 Å². The summed E-state index contributed by atoms with van der Waals surface area (Å²) in [7, 11) is 1.79. The van der Waals surface area contributed by atoms with Crippen molar-refractivity contribution >= 4 is 34.4 Å². The van der Waals surface area contributed by atoms with E-state index in [2.05, 4.69) is 27.7 Å². The Labute approximate surface area is 191 Å². The van der Waals surface area contributed by atoms with Crippen LogP contribution in [0.3, 0.4) is 0 Å². The third-order valence-electron chi connectivity index (χ3n) is 4.85. The van der Waals surface area contributed by atoms with Crippen molar-refractivity contribution in [2.24, 2.45) is 5.73 Å². The molecule has 0 saturated heterocycles. The van der Waals surface area contributed by atoms with Gasteiger partial charge in [-0.3, -0.25) is 4.79 Å². The van der Waals surface area contributed by atoms with Gasteiger partial charge < -0.3 is 25.7 Å². The van der Waals surface area contributed by atoms with Crippen LogP contribution in [-0.2, 0) is 0 Å². The van der Waals surface area contributed by atoms with E-state index < -0.39 is 0 Å². The van der Waals surface area contributed by atoms with E-state index in [9.17, 15) is 10.1 Å². The SMILES string of the molecule is CNc1ccc(-c2c3ccc(=O)cc-3oc3ccccc23)c(OO)c1.NCCCNC=S. The van der Waals surface area contributed by atoms with E-state index in [4.69, 9.17) is 10.2 Å². The number of thiocarbonyl (C=S) groups is 1. The zero-order chi connectivity index (χ0) is 22.9. The van der Waals surface area contributed by atoms with E-state index in [0.717, 1.165) is 41.7 Å². The molecule has 8 heteroatoms. The molecule has 0 amide bonds. The number of nitrogens with two attached hydrogens (primary N) is 1. The molecule has 1 aliphatic heterocycles. The summed E-state index contributed by atoms with van der Waals surface area (Å²) in [4.78, 5) is 16.4. The first-order valence-electron chi connectivity index (χ1n) is 10.1. The second-order valence-corrected chi connectivity index (χ2v) is 7.13. The summed E-state index contributed by atoms with van der Waals surface area (Å²) < 4.78 is 5.89. The number of fused-ring (bicyclic) bond motifs is 2. The molecule has 0 atom stereocenters. The fraction of sp³-hybridized carbons (Fsp3) is 0.167. The molecule has 1 aliphatic carbocycles. The Hall–Kier alpha value is -3.46. The van der Waals surface area contributed by atoms with Crippen LogP contribution in [0.5, 0.6) is 5.75 Å². The van der Waals surface area contributed by atoms with Crippen molar-refractivity contribution in [3.05, 3.63) is 70.9 Å². The first kappa shape index (κ1) is 23.2. The predicted octanol–water partition coefficient (Wildman–Crippen LogP) is 4.34. The van der Waals surface area contributed by atoms with E-state index in [1.807, 2.05) is 36.4 Å².